The number of nitrogens with one attached hydrogen (secondary N) is 1. The molecule has 4 rings (SSSR count). The van der Waals surface area contributed by atoms with Crippen LogP contribution in [0.2, 0.25) is 0 Å². The molecule has 1 N–H and O–H groups in total. The lowest BCUT2D eigenvalue weighted by atomic mass is 10.1. The highest BCUT2D eigenvalue weighted by molar-refractivity contribution is 7.89. The average molecular weight is 414 g/mol. The van der Waals surface area contributed by atoms with Crippen molar-refractivity contribution in [2.24, 2.45) is 0 Å². The highest BCUT2D eigenvalue weighted by Gasteiger charge is 2.30. The maximum atomic E-state index is 12.9. The zero-order valence-corrected chi connectivity index (χ0v) is 16.9. The monoisotopic (exact) mass is 414 g/mol. The number of carbonyl (C=O) groups is 1. The number of H-pyrrole nitrogens is 1. The number of nitrogens with zero attached hydrogens (tertiary/aromatic N) is 3. The van der Waals surface area contributed by atoms with E-state index in [0.29, 0.717) is 31.0 Å². The third kappa shape index (κ3) is 3.83. The molecule has 0 radical (unpaired) electrons. The van der Waals surface area contributed by atoms with Crippen molar-refractivity contribution < 1.29 is 17.9 Å². The molecule has 152 valence electrons. The Morgan fingerprint density at radius 1 is 1.10 bits per heavy atom. The standard InChI is InChI=1S/C20H22N4O4S/c1-2-28-16-4-6-17(7-5-16)29(26,27)24-11-9-23(10-12-24)20(25)15-3-8-18-19(13-15)22-14-21-18/h3-8,13-14H,2,9-12H2,1H3,(H,21,22). The smallest absolute Gasteiger partial charge is 0.254 e. The van der Waals surface area contributed by atoms with E-state index in [2.05, 4.69) is 9.97 Å². The predicted molar refractivity (Wildman–Crippen MR) is 108 cm³/mol. The van der Waals surface area contributed by atoms with Crippen LogP contribution in [0.25, 0.3) is 11.0 Å². The van der Waals surface area contributed by atoms with Gasteiger partial charge in [-0.15, -0.1) is 0 Å². The normalized spacial score (nSPS) is 15.6. The maximum Gasteiger partial charge on any atom is 0.254 e. The molecule has 1 aliphatic rings. The summed E-state index contributed by atoms with van der Waals surface area (Å²) in [5, 5.41) is 0. The Kier molecular flexibility index (Phi) is 5.25. The Hall–Kier alpha value is -2.91. The molecule has 29 heavy (non-hydrogen) atoms. The molecule has 0 unspecified atom stereocenters. The largest absolute Gasteiger partial charge is 0.494 e. The third-order valence-corrected chi connectivity index (χ3v) is 6.88. The number of imidazole rings is 1. The van der Waals surface area contributed by atoms with Gasteiger partial charge in [-0.25, -0.2) is 13.4 Å². The van der Waals surface area contributed by atoms with E-state index in [9.17, 15) is 13.2 Å². The molecule has 0 atom stereocenters. The van der Waals surface area contributed by atoms with Crippen LogP contribution in [0.4, 0.5) is 0 Å². The lowest BCUT2D eigenvalue weighted by Crippen LogP contribution is -2.50. The summed E-state index contributed by atoms with van der Waals surface area (Å²) in [6.45, 7) is 3.60. The number of aromatic nitrogens is 2. The zero-order chi connectivity index (χ0) is 20.4. The number of ether oxygens (including phenoxy) is 1. The van der Waals surface area contributed by atoms with Gasteiger partial charge in [-0.05, 0) is 49.4 Å². The zero-order valence-electron chi connectivity index (χ0n) is 16.0. The highest BCUT2D eigenvalue weighted by Crippen LogP contribution is 2.22. The molecule has 3 aromatic rings. The molecule has 9 heteroatoms. The van der Waals surface area contributed by atoms with E-state index >= 15 is 0 Å². The molecule has 0 aliphatic carbocycles. The molecule has 8 nitrogen and oxygen atoms in total. The fourth-order valence-electron chi connectivity index (χ4n) is 3.41. The summed E-state index contributed by atoms with van der Waals surface area (Å²) in [4.78, 5) is 21.9. The molecule has 1 saturated heterocycles. The molecule has 2 aromatic carbocycles. The number of aromatic amines is 1. The second-order valence-electron chi connectivity index (χ2n) is 6.74. The number of benzene rings is 2. The minimum Gasteiger partial charge on any atom is -0.494 e. The minimum absolute atomic E-state index is 0.111. The Balaban J connectivity index is 1.43. The minimum atomic E-state index is -3.60. The Morgan fingerprint density at radius 2 is 1.83 bits per heavy atom. The van der Waals surface area contributed by atoms with Crippen LogP contribution >= 0.6 is 0 Å². The van der Waals surface area contributed by atoms with Crippen LogP contribution in [0.1, 0.15) is 17.3 Å². The first-order valence-corrected chi connectivity index (χ1v) is 10.9. The second-order valence-corrected chi connectivity index (χ2v) is 8.67. The molecule has 0 saturated carbocycles. The van der Waals surface area contributed by atoms with Crippen LogP contribution in [0.5, 0.6) is 5.75 Å². The quantitative estimate of drug-likeness (QED) is 0.690. The van der Waals surface area contributed by atoms with Gasteiger partial charge in [0.25, 0.3) is 5.91 Å². The Labute approximate surface area is 169 Å². The summed E-state index contributed by atoms with van der Waals surface area (Å²) < 4.78 is 32.6. The van der Waals surface area contributed by atoms with Gasteiger partial charge in [-0.1, -0.05) is 0 Å². The highest BCUT2D eigenvalue weighted by atomic mass is 32.2. The summed E-state index contributed by atoms with van der Waals surface area (Å²) in [5.74, 6) is 0.524. The van der Waals surface area contributed by atoms with E-state index in [-0.39, 0.29) is 23.9 Å². The predicted octanol–water partition coefficient (Wildman–Crippen LogP) is 2.11. The number of amides is 1. The van der Waals surface area contributed by atoms with E-state index in [0.717, 1.165) is 11.0 Å². The van der Waals surface area contributed by atoms with Crippen molar-refractivity contribution >= 4 is 27.0 Å². The van der Waals surface area contributed by atoms with Crippen molar-refractivity contribution in [2.75, 3.05) is 32.8 Å². The lowest BCUT2D eigenvalue weighted by molar-refractivity contribution is 0.0698. The van der Waals surface area contributed by atoms with E-state index in [4.69, 9.17) is 4.74 Å². The summed E-state index contributed by atoms with van der Waals surface area (Å²) in [6, 6.07) is 11.7. The SMILES string of the molecule is CCOc1ccc(S(=O)(=O)N2CCN(C(=O)c3ccc4nc[nH]c4c3)CC2)cc1. The molecule has 0 bridgehead atoms. The van der Waals surface area contributed by atoms with Gasteiger partial charge >= 0.3 is 0 Å². The van der Waals surface area contributed by atoms with Crippen LogP contribution in [-0.2, 0) is 10.0 Å². The number of rotatable bonds is 5. The van der Waals surface area contributed by atoms with E-state index in [1.54, 1.807) is 53.7 Å². The molecule has 1 aliphatic heterocycles. The van der Waals surface area contributed by atoms with Gasteiger partial charge in [-0.3, -0.25) is 4.79 Å². The van der Waals surface area contributed by atoms with Gasteiger partial charge in [-0.2, -0.15) is 4.31 Å². The van der Waals surface area contributed by atoms with Crippen LogP contribution in [-0.4, -0.2) is 66.3 Å². The van der Waals surface area contributed by atoms with Crippen molar-refractivity contribution in [3.05, 3.63) is 54.4 Å². The number of sulfonamides is 1. The number of carbonyl (C=O) groups excluding carboxylic acids is 1. The van der Waals surface area contributed by atoms with E-state index in [1.807, 2.05) is 6.92 Å². The summed E-state index contributed by atoms with van der Waals surface area (Å²) in [7, 11) is -3.60. The number of hydrogen-bond donors (Lipinski definition) is 1. The van der Waals surface area contributed by atoms with Crippen LogP contribution < -0.4 is 4.74 Å². The first kappa shape index (κ1) is 19.4. The molecule has 0 spiro atoms. The van der Waals surface area contributed by atoms with E-state index in [1.165, 1.54) is 4.31 Å². The average Bonchev–Trinajstić information content (AvgIpc) is 3.22. The van der Waals surface area contributed by atoms with Gasteiger partial charge in [0, 0.05) is 31.7 Å². The number of hydrogen-bond acceptors (Lipinski definition) is 5. The van der Waals surface area contributed by atoms with Crippen molar-refractivity contribution in [3.63, 3.8) is 0 Å². The second kappa shape index (κ2) is 7.84. The fourth-order valence-corrected chi connectivity index (χ4v) is 4.83. The molecule has 1 fully saturated rings. The topological polar surface area (TPSA) is 95.6 Å². The first-order chi connectivity index (χ1) is 14.0. The molecular weight excluding hydrogens is 392 g/mol. The summed E-state index contributed by atoms with van der Waals surface area (Å²) in [6.07, 6.45) is 1.59. The molecular formula is C20H22N4O4S. The van der Waals surface area contributed by atoms with Crippen LogP contribution in [0, 0.1) is 0 Å². The number of fused-ring (bicyclic) bond motifs is 1. The Morgan fingerprint density at radius 3 is 2.52 bits per heavy atom. The summed E-state index contributed by atoms with van der Waals surface area (Å²) in [5.41, 5.74) is 2.16. The van der Waals surface area contributed by atoms with Crippen LogP contribution in [0.15, 0.2) is 53.7 Å². The van der Waals surface area contributed by atoms with Gasteiger partial charge in [0.1, 0.15) is 5.75 Å². The third-order valence-electron chi connectivity index (χ3n) is 4.97. The van der Waals surface area contributed by atoms with Gasteiger partial charge in [0.2, 0.25) is 10.0 Å². The van der Waals surface area contributed by atoms with Crippen molar-refractivity contribution in [2.45, 2.75) is 11.8 Å². The summed E-state index contributed by atoms with van der Waals surface area (Å²) >= 11 is 0. The van der Waals surface area contributed by atoms with Crippen molar-refractivity contribution in [1.29, 1.82) is 0 Å². The first-order valence-electron chi connectivity index (χ1n) is 9.44. The van der Waals surface area contributed by atoms with E-state index < -0.39 is 10.0 Å². The lowest BCUT2D eigenvalue weighted by Gasteiger charge is -2.34. The molecule has 1 amide bonds. The number of piperazine rings is 1. The molecule has 2 heterocycles. The molecule has 1 aromatic heterocycles. The van der Waals surface area contributed by atoms with Crippen molar-refractivity contribution in [1.82, 2.24) is 19.2 Å². The maximum absolute atomic E-state index is 12.9. The fraction of sp³-hybridized carbons (Fsp3) is 0.300. The van der Waals surface area contributed by atoms with Crippen molar-refractivity contribution in [3.8, 4) is 5.75 Å². The van der Waals surface area contributed by atoms with Gasteiger partial charge in [0.15, 0.2) is 0 Å². The Bertz CT molecular complexity index is 1120. The van der Waals surface area contributed by atoms with Crippen LogP contribution in [0.3, 0.4) is 0 Å². The van der Waals surface area contributed by atoms with Gasteiger partial charge in [0.05, 0.1) is 28.9 Å². The van der Waals surface area contributed by atoms with Gasteiger partial charge < -0.3 is 14.6 Å².